The van der Waals surface area contributed by atoms with Gasteiger partial charge in [0.25, 0.3) is 0 Å². The Morgan fingerprint density at radius 1 is 1.36 bits per heavy atom. The summed E-state index contributed by atoms with van der Waals surface area (Å²) in [5.74, 6) is -0.0439. The average Bonchev–Trinajstić information content (AvgIpc) is 2.20. The molecule has 0 spiro atoms. The minimum Gasteiger partial charge on any atom is -0.354 e. The van der Waals surface area contributed by atoms with Gasteiger partial charge in [-0.25, -0.2) is 0 Å². The third-order valence-corrected chi connectivity index (χ3v) is 1.70. The second-order valence-electron chi connectivity index (χ2n) is 2.88. The first-order chi connectivity index (χ1) is 6.74. The number of amides is 1. The normalized spacial score (nSPS) is 10.6. The number of hydrogen-bond donors (Lipinski definition) is 2. The van der Waals surface area contributed by atoms with E-state index in [-0.39, 0.29) is 12.2 Å². The van der Waals surface area contributed by atoms with Crippen molar-refractivity contribution in [3.8, 4) is 0 Å². The first-order valence-electron chi connectivity index (χ1n) is 4.77. The van der Waals surface area contributed by atoms with E-state index in [1.807, 2.05) is 0 Å². The lowest BCUT2D eigenvalue weighted by Gasteiger charge is -2.14. The van der Waals surface area contributed by atoms with E-state index in [9.17, 15) is 4.79 Å². The van der Waals surface area contributed by atoms with Crippen LogP contribution in [0.3, 0.4) is 0 Å². The molecule has 0 fully saturated rings. The van der Waals surface area contributed by atoms with Gasteiger partial charge in [0.2, 0.25) is 5.91 Å². The molecule has 0 unspecified atom stereocenters. The van der Waals surface area contributed by atoms with Crippen molar-refractivity contribution in [2.24, 2.45) is 0 Å². The molecule has 0 aliphatic carbocycles. The predicted molar refractivity (Wildman–Crippen MR) is 54.0 cm³/mol. The van der Waals surface area contributed by atoms with Crippen molar-refractivity contribution >= 4 is 5.91 Å². The second kappa shape index (κ2) is 8.93. The molecule has 5 nitrogen and oxygen atoms in total. The van der Waals surface area contributed by atoms with Crippen LogP contribution < -0.4 is 10.6 Å². The molecule has 1 amide bonds. The molecule has 0 saturated heterocycles. The molecule has 2 N–H and O–H groups in total. The van der Waals surface area contributed by atoms with E-state index in [1.54, 1.807) is 0 Å². The van der Waals surface area contributed by atoms with Gasteiger partial charge in [-0.15, -0.1) is 0 Å². The molecule has 0 rings (SSSR count). The van der Waals surface area contributed by atoms with Gasteiger partial charge in [-0.05, 0) is 13.0 Å². The van der Waals surface area contributed by atoms with Crippen LogP contribution >= 0.6 is 0 Å². The molecule has 0 radical (unpaired) electrons. The van der Waals surface area contributed by atoms with Crippen molar-refractivity contribution < 1.29 is 14.3 Å². The fraction of sp³-hybridized carbons (Fsp3) is 0.889. The van der Waals surface area contributed by atoms with E-state index in [0.29, 0.717) is 13.1 Å². The van der Waals surface area contributed by atoms with Crippen LogP contribution in [0.25, 0.3) is 0 Å². The van der Waals surface area contributed by atoms with Crippen LogP contribution in [0.15, 0.2) is 0 Å². The predicted octanol–water partition coefficient (Wildman–Crippen LogP) is -0.279. The van der Waals surface area contributed by atoms with Crippen molar-refractivity contribution in [3.63, 3.8) is 0 Å². The zero-order valence-corrected chi connectivity index (χ0v) is 9.13. The fourth-order valence-corrected chi connectivity index (χ4v) is 0.901. The van der Waals surface area contributed by atoms with E-state index in [4.69, 9.17) is 9.47 Å². The highest BCUT2D eigenvalue weighted by Gasteiger charge is 2.06. The van der Waals surface area contributed by atoms with Crippen LogP contribution in [-0.4, -0.2) is 46.1 Å². The largest absolute Gasteiger partial charge is 0.354 e. The quantitative estimate of drug-likeness (QED) is 0.422. The molecule has 0 aliphatic heterocycles. The van der Waals surface area contributed by atoms with Crippen LogP contribution in [0, 0.1) is 0 Å². The molecular formula is C9H20N2O3. The summed E-state index contributed by atoms with van der Waals surface area (Å²) < 4.78 is 9.84. The Bertz CT molecular complexity index is 149. The summed E-state index contributed by atoms with van der Waals surface area (Å²) in [6, 6.07) is 0. The molecule has 84 valence electrons. The monoisotopic (exact) mass is 204 g/mol. The fourth-order valence-electron chi connectivity index (χ4n) is 0.901. The van der Waals surface area contributed by atoms with Gasteiger partial charge in [-0.1, -0.05) is 6.92 Å². The van der Waals surface area contributed by atoms with Crippen LogP contribution in [-0.2, 0) is 14.3 Å². The maximum atomic E-state index is 11.2. The molecule has 0 aliphatic rings. The number of rotatable bonds is 8. The molecule has 0 saturated carbocycles. The summed E-state index contributed by atoms with van der Waals surface area (Å²) in [7, 11) is 3.07. The van der Waals surface area contributed by atoms with Crippen molar-refractivity contribution in [3.05, 3.63) is 0 Å². The lowest BCUT2D eigenvalue weighted by Crippen LogP contribution is -2.39. The highest BCUT2D eigenvalue weighted by Crippen LogP contribution is 1.86. The molecule has 14 heavy (non-hydrogen) atoms. The van der Waals surface area contributed by atoms with Gasteiger partial charge >= 0.3 is 0 Å². The number of nitrogens with one attached hydrogen (secondary N) is 2. The Hall–Kier alpha value is -0.650. The minimum absolute atomic E-state index is 0.0439. The summed E-state index contributed by atoms with van der Waals surface area (Å²) in [6.07, 6.45) is 0.650. The van der Waals surface area contributed by atoms with Gasteiger partial charge in [-0.3, -0.25) is 4.79 Å². The zero-order valence-electron chi connectivity index (χ0n) is 9.13. The Labute approximate surface area is 85.1 Å². The van der Waals surface area contributed by atoms with E-state index < -0.39 is 0 Å². The number of carbonyl (C=O) groups is 1. The highest BCUT2D eigenvalue weighted by molar-refractivity contribution is 5.77. The summed E-state index contributed by atoms with van der Waals surface area (Å²) in [5.41, 5.74) is 0. The van der Waals surface area contributed by atoms with Crippen LogP contribution in [0.1, 0.15) is 13.3 Å². The molecule has 0 aromatic carbocycles. The molecule has 0 aromatic heterocycles. The highest BCUT2D eigenvalue weighted by atomic mass is 16.7. The first-order valence-corrected chi connectivity index (χ1v) is 4.77. The number of hydrogen-bond acceptors (Lipinski definition) is 4. The second-order valence-corrected chi connectivity index (χ2v) is 2.88. The van der Waals surface area contributed by atoms with Gasteiger partial charge in [0, 0.05) is 14.2 Å². The Balaban J connectivity index is 3.42. The molecule has 5 heteroatoms. The third-order valence-electron chi connectivity index (χ3n) is 1.70. The average molecular weight is 204 g/mol. The molecule has 0 aromatic rings. The molecule has 0 bridgehead atoms. The maximum Gasteiger partial charge on any atom is 0.234 e. The third kappa shape index (κ3) is 6.82. The van der Waals surface area contributed by atoms with Gasteiger partial charge in [-0.2, -0.15) is 0 Å². The maximum absolute atomic E-state index is 11.2. The summed E-state index contributed by atoms with van der Waals surface area (Å²) in [6.45, 7) is 3.62. The van der Waals surface area contributed by atoms with Gasteiger partial charge in [0.05, 0.1) is 13.1 Å². The Kier molecular flexibility index (Phi) is 8.51. The van der Waals surface area contributed by atoms with Gasteiger partial charge < -0.3 is 20.1 Å². The minimum atomic E-state index is -0.370. The number of methoxy groups -OCH3 is 2. The van der Waals surface area contributed by atoms with Gasteiger partial charge in [0.15, 0.2) is 6.29 Å². The van der Waals surface area contributed by atoms with Crippen molar-refractivity contribution in [2.75, 3.05) is 33.9 Å². The summed E-state index contributed by atoms with van der Waals surface area (Å²) >= 11 is 0. The smallest absolute Gasteiger partial charge is 0.234 e. The zero-order chi connectivity index (χ0) is 10.8. The summed E-state index contributed by atoms with van der Waals surface area (Å²) in [5, 5.41) is 5.69. The van der Waals surface area contributed by atoms with Crippen molar-refractivity contribution in [2.45, 2.75) is 19.6 Å². The van der Waals surface area contributed by atoms with E-state index >= 15 is 0 Å². The standard InChI is InChI=1S/C9H20N2O3/c1-4-5-10-6-8(12)11-7-9(13-2)14-3/h9-10H,4-7H2,1-3H3,(H,11,12). The lowest BCUT2D eigenvalue weighted by molar-refractivity contribution is -0.126. The van der Waals surface area contributed by atoms with Crippen LogP contribution in [0.5, 0.6) is 0 Å². The Morgan fingerprint density at radius 3 is 2.50 bits per heavy atom. The molecular weight excluding hydrogens is 184 g/mol. The lowest BCUT2D eigenvalue weighted by atomic mass is 10.4. The topological polar surface area (TPSA) is 59.6 Å². The van der Waals surface area contributed by atoms with Gasteiger partial charge in [0.1, 0.15) is 0 Å². The number of ether oxygens (including phenoxy) is 2. The summed E-state index contributed by atoms with van der Waals surface area (Å²) in [4.78, 5) is 11.2. The molecule has 0 atom stereocenters. The SMILES string of the molecule is CCCNCC(=O)NCC(OC)OC. The van der Waals surface area contributed by atoms with E-state index in [0.717, 1.165) is 13.0 Å². The first kappa shape index (κ1) is 13.4. The Morgan fingerprint density at radius 2 is 2.00 bits per heavy atom. The van der Waals surface area contributed by atoms with Crippen molar-refractivity contribution in [1.29, 1.82) is 0 Å². The van der Waals surface area contributed by atoms with E-state index in [1.165, 1.54) is 14.2 Å². The van der Waals surface area contributed by atoms with Crippen LogP contribution in [0.2, 0.25) is 0 Å². The number of carbonyl (C=O) groups excluding carboxylic acids is 1. The van der Waals surface area contributed by atoms with E-state index in [2.05, 4.69) is 17.6 Å². The van der Waals surface area contributed by atoms with Crippen LogP contribution in [0.4, 0.5) is 0 Å². The van der Waals surface area contributed by atoms with Crippen molar-refractivity contribution in [1.82, 2.24) is 10.6 Å². The molecule has 0 heterocycles.